The van der Waals surface area contributed by atoms with E-state index < -0.39 is 5.41 Å². The first-order valence-corrected chi connectivity index (χ1v) is 18.3. The molecule has 6 heterocycles. The van der Waals surface area contributed by atoms with Crippen LogP contribution in [-0.4, -0.2) is 90.3 Å². The van der Waals surface area contributed by atoms with Crippen LogP contribution in [0.1, 0.15) is 84.5 Å². The van der Waals surface area contributed by atoms with Gasteiger partial charge in [-0.1, -0.05) is 6.58 Å². The number of likely N-dealkylation sites (N-methyl/N-ethyl adjacent to an activating group) is 1. The average Bonchev–Trinajstić information content (AvgIpc) is 3.79. The summed E-state index contributed by atoms with van der Waals surface area (Å²) in [6.45, 7) is 9.22. The number of likely N-dealkylation sites (tertiary alicyclic amines) is 1. The van der Waals surface area contributed by atoms with Gasteiger partial charge < -0.3 is 25.7 Å². The van der Waals surface area contributed by atoms with Crippen LogP contribution in [0.3, 0.4) is 0 Å². The van der Waals surface area contributed by atoms with Gasteiger partial charge in [0.05, 0.1) is 65.3 Å². The third-order valence-electron chi connectivity index (χ3n) is 11.9. The van der Waals surface area contributed by atoms with Gasteiger partial charge >= 0.3 is 0 Å². The highest BCUT2D eigenvalue weighted by Gasteiger charge is 2.51. The summed E-state index contributed by atoms with van der Waals surface area (Å²) in [4.78, 5) is 30.9. The van der Waals surface area contributed by atoms with Gasteiger partial charge in [-0.15, -0.1) is 11.3 Å². The molecule has 0 unspecified atom stereocenters. The molecule has 4 fully saturated rings. The molecular weight excluding hydrogens is 627 g/mol. The zero-order valence-electron chi connectivity index (χ0n) is 27.8. The smallest absolute Gasteiger partial charge is 0.222 e. The van der Waals surface area contributed by atoms with Crippen molar-refractivity contribution in [3.8, 4) is 11.9 Å². The molecule has 4 N–H and O–H groups in total. The van der Waals surface area contributed by atoms with Crippen LogP contribution in [0.4, 0.5) is 5.00 Å². The van der Waals surface area contributed by atoms with E-state index in [1.165, 1.54) is 11.3 Å². The number of fused-ring (bicyclic) bond motifs is 4. The predicted octanol–water partition coefficient (Wildman–Crippen LogP) is 3.59. The Morgan fingerprint density at radius 2 is 2.02 bits per heavy atom. The molecule has 254 valence electrons. The van der Waals surface area contributed by atoms with E-state index in [-0.39, 0.29) is 23.3 Å². The number of aryl methyl sites for hydroxylation is 1. The minimum Gasteiger partial charge on any atom is -0.468 e. The molecule has 2 aromatic rings. The quantitative estimate of drug-likeness (QED) is 0.342. The average molecular weight is 672 g/mol. The van der Waals surface area contributed by atoms with Gasteiger partial charge in [0.2, 0.25) is 5.88 Å². The molecule has 11 nitrogen and oxygen atoms in total. The topological polar surface area (TPSA) is 153 Å². The van der Waals surface area contributed by atoms with Gasteiger partial charge in [-0.2, -0.15) is 10.2 Å². The third-order valence-corrected chi connectivity index (χ3v) is 13.0. The Morgan fingerprint density at radius 1 is 1.21 bits per heavy atom. The van der Waals surface area contributed by atoms with E-state index in [2.05, 4.69) is 29.5 Å². The van der Waals surface area contributed by atoms with Crippen molar-refractivity contribution in [2.45, 2.75) is 93.3 Å². The highest BCUT2D eigenvalue weighted by molar-refractivity contribution is 7.16. The molecule has 1 saturated carbocycles. The number of nitriles is 1. The van der Waals surface area contributed by atoms with Crippen LogP contribution in [0.25, 0.3) is 5.70 Å². The standard InChI is InChI=1S/C36H45N7O4S/c1-3-26(25-8-6-13-42(25)2)47-34-24-16-43(21-17-46-18-21)19-35(12-14-45-20-35)30(24)40-33(41-34)29(38)22-7-4-10-36(31(22)44)11-5-9-27-28(36)23(15-37)32(39)48-27/h3,21,25-26H,1,4-14,16-20,38-39H2,2H3/b29-22-/t25-,26-,35-,36-/m0/s1. The Kier molecular flexibility index (Phi) is 8.12. The van der Waals surface area contributed by atoms with Gasteiger partial charge in [0.15, 0.2) is 11.6 Å². The number of Topliss-reactive ketones (excluding diaryl/α,β-unsaturated/α-hetero) is 1. The van der Waals surface area contributed by atoms with Crippen molar-refractivity contribution >= 4 is 27.8 Å². The van der Waals surface area contributed by atoms with Gasteiger partial charge in [-0.3, -0.25) is 14.6 Å². The number of aromatic nitrogens is 2. The van der Waals surface area contributed by atoms with Crippen LogP contribution in [0, 0.1) is 11.3 Å². The van der Waals surface area contributed by atoms with Gasteiger partial charge in [0.25, 0.3) is 0 Å². The molecule has 4 atom stereocenters. The Bertz CT molecular complexity index is 1720. The van der Waals surface area contributed by atoms with E-state index in [1.54, 1.807) is 0 Å². The summed E-state index contributed by atoms with van der Waals surface area (Å²) in [5.41, 5.74) is 16.2. The number of hydrogen-bond acceptors (Lipinski definition) is 12. The third kappa shape index (κ3) is 4.92. The summed E-state index contributed by atoms with van der Waals surface area (Å²) in [7, 11) is 2.13. The zero-order chi connectivity index (χ0) is 33.2. The van der Waals surface area contributed by atoms with Gasteiger partial charge in [-0.05, 0) is 83.0 Å². The number of ketones is 1. The lowest BCUT2D eigenvalue weighted by Gasteiger charge is -2.46. The number of ether oxygens (including phenoxy) is 3. The Morgan fingerprint density at radius 3 is 2.69 bits per heavy atom. The molecule has 2 spiro atoms. The summed E-state index contributed by atoms with van der Waals surface area (Å²) in [6, 6.07) is 2.83. The second-order valence-electron chi connectivity index (χ2n) is 14.6. The predicted molar refractivity (Wildman–Crippen MR) is 182 cm³/mol. The fraction of sp³-hybridized carbons (Fsp3) is 0.611. The zero-order valence-corrected chi connectivity index (χ0v) is 28.6. The largest absolute Gasteiger partial charge is 0.468 e. The Labute approximate surface area is 285 Å². The number of carbonyl (C=O) groups excluding carboxylic acids is 1. The highest BCUT2D eigenvalue weighted by atomic mass is 32.1. The minimum atomic E-state index is -0.800. The van der Waals surface area contributed by atoms with Crippen molar-refractivity contribution in [2.24, 2.45) is 5.73 Å². The maximum Gasteiger partial charge on any atom is 0.222 e. The van der Waals surface area contributed by atoms with E-state index in [9.17, 15) is 10.1 Å². The normalized spacial score (nSPS) is 30.9. The maximum atomic E-state index is 14.7. The first-order chi connectivity index (χ1) is 23.3. The molecular formula is C36H45N7O4S. The Hall–Kier alpha value is -3.34. The summed E-state index contributed by atoms with van der Waals surface area (Å²) in [6.07, 6.45) is 8.92. The molecule has 3 saturated heterocycles. The van der Waals surface area contributed by atoms with Crippen LogP contribution >= 0.6 is 11.3 Å². The van der Waals surface area contributed by atoms with Gasteiger partial charge in [-0.25, -0.2) is 4.98 Å². The summed E-state index contributed by atoms with van der Waals surface area (Å²) in [5.74, 6) is 0.826. The Balaban J connectivity index is 1.26. The number of allylic oxidation sites excluding steroid dienone is 1. The summed E-state index contributed by atoms with van der Waals surface area (Å²) in [5, 5.41) is 10.6. The maximum absolute atomic E-state index is 14.7. The van der Waals surface area contributed by atoms with Gasteiger partial charge in [0.1, 0.15) is 17.2 Å². The molecule has 2 aromatic heterocycles. The molecule has 6 aliphatic rings. The monoisotopic (exact) mass is 671 g/mol. The van der Waals surface area contributed by atoms with E-state index in [4.69, 9.17) is 35.6 Å². The molecule has 0 radical (unpaired) electrons. The molecule has 4 aliphatic heterocycles. The molecule has 0 amide bonds. The van der Waals surface area contributed by atoms with Crippen LogP contribution in [0.5, 0.6) is 5.88 Å². The van der Waals surface area contributed by atoms with Crippen LogP contribution in [0.2, 0.25) is 0 Å². The van der Waals surface area contributed by atoms with Crippen LogP contribution in [-0.2, 0) is 38.1 Å². The second-order valence-corrected chi connectivity index (χ2v) is 15.8. The number of nitrogens with two attached hydrogens (primary N) is 2. The van der Waals surface area contributed by atoms with Crippen molar-refractivity contribution < 1.29 is 19.0 Å². The first-order valence-electron chi connectivity index (χ1n) is 17.4. The van der Waals surface area contributed by atoms with E-state index >= 15 is 0 Å². The molecule has 2 aliphatic carbocycles. The molecule has 8 rings (SSSR count). The van der Waals surface area contributed by atoms with Crippen molar-refractivity contribution in [2.75, 3.05) is 52.3 Å². The second kappa shape index (κ2) is 12.2. The van der Waals surface area contributed by atoms with Crippen LogP contribution in [0.15, 0.2) is 18.2 Å². The van der Waals surface area contributed by atoms with Gasteiger partial charge in [0, 0.05) is 30.1 Å². The number of nitrogens with zero attached hydrogens (tertiary/aromatic N) is 5. The lowest BCUT2D eigenvalue weighted by atomic mass is 9.61. The number of rotatable bonds is 6. The van der Waals surface area contributed by atoms with Crippen molar-refractivity contribution in [3.63, 3.8) is 0 Å². The van der Waals surface area contributed by atoms with E-state index in [0.29, 0.717) is 91.8 Å². The SMILES string of the molecule is C=C[C@H](Oc1nc(/C(N)=C2\CCC[C@@]3(CCCc4sc(N)c(C#N)c43)C2=O)nc2c1CN(C1COC1)C[C@]21CCOC1)[C@@H]1CCCN1C. The molecule has 48 heavy (non-hydrogen) atoms. The van der Waals surface area contributed by atoms with Crippen molar-refractivity contribution in [1.29, 1.82) is 5.26 Å². The molecule has 12 heteroatoms. The molecule has 0 aromatic carbocycles. The lowest BCUT2D eigenvalue weighted by Crippen LogP contribution is -2.56. The highest BCUT2D eigenvalue weighted by Crippen LogP contribution is 2.52. The summed E-state index contributed by atoms with van der Waals surface area (Å²) >= 11 is 1.45. The lowest BCUT2D eigenvalue weighted by molar-refractivity contribution is -0.122. The fourth-order valence-corrected chi connectivity index (χ4v) is 10.4. The number of carbonyl (C=O) groups is 1. The molecule has 0 bridgehead atoms. The number of thiophene rings is 1. The van der Waals surface area contributed by atoms with Crippen LogP contribution < -0.4 is 16.2 Å². The number of nitrogen functional groups attached to an aromatic ring is 1. The van der Waals surface area contributed by atoms with Crippen molar-refractivity contribution in [1.82, 2.24) is 19.8 Å². The fourth-order valence-electron chi connectivity index (χ4n) is 9.28. The van der Waals surface area contributed by atoms with E-state index in [0.717, 1.165) is 73.3 Å². The number of anilines is 1. The minimum absolute atomic E-state index is 0.0168. The first kappa shape index (κ1) is 31.9. The van der Waals surface area contributed by atoms with Crippen molar-refractivity contribution in [3.05, 3.63) is 51.3 Å². The number of hydrogen-bond donors (Lipinski definition) is 2. The van der Waals surface area contributed by atoms with E-state index in [1.807, 2.05) is 6.08 Å². The summed E-state index contributed by atoms with van der Waals surface area (Å²) < 4.78 is 18.5.